The minimum Gasteiger partial charge on any atom is -0.508 e. The molecule has 11 heterocycles. The van der Waals surface area contributed by atoms with Crippen LogP contribution in [0.3, 0.4) is 0 Å². The van der Waals surface area contributed by atoms with Gasteiger partial charge in [-0.2, -0.15) is 0 Å². The lowest BCUT2D eigenvalue weighted by Gasteiger charge is -2.27. The van der Waals surface area contributed by atoms with Crippen molar-refractivity contribution in [2.75, 3.05) is 75.4 Å². The van der Waals surface area contributed by atoms with Crippen LogP contribution >= 0.6 is 0 Å². The number of ether oxygens (including phenoxy) is 22. The second-order valence-electron chi connectivity index (χ2n) is 33.8. The summed E-state index contributed by atoms with van der Waals surface area (Å²) in [6, 6.07) is 41.5. The third-order valence-electron chi connectivity index (χ3n) is 23.7. The molecule has 31 heteroatoms. The fourth-order valence-corrected chi connectivity index (χ4v) is 15.9. The summed E-state index contributed by atoms with van der Waals surface area (Å²) in [6.45, 7) is 17.6. The Hall–Kier alpha value is -16.2. The van der Waals surface area contributed by atoms with Gasteiger partial charge in [-0.25, -0.2) is 33.6 Å². The maximum absolute atomic E-state index is 11.8. The predicted octanol–water partition coefficient (Wildman–Crippen LogP) is 19.4. The molecule has 9 atom stereocenters. The monoisotopic (exact) mass is 1970 g/mol. The number of rotatable bonds is 24. The van der Waals surface area contributed by atoms with E-state index in [1.807, 2.05) is 199 Å². The Kier molecular flexibility index (Phi) is 37.8. The molecule has 756 valence electrons. The molecule has 19 rings (SSSR count). The molecule has 0 saturated carbocycles. The molecule has 9 unspecified atom stereocenters. The number of methoxy groups -OCH3 is 4. The zero-order valence-electron chi connectivity index (χ0n) is 82.2. The van der Waals surface area contributed by atoms with Gasteiger partial charge < -0.3 is 114 Å². The van der Waals surface area contributed by atoms with Gasteiger partial charge in [0, 0.05) is 32.1 Å². The molecule has 7 aromatic carbocycles. The highest BCUT2D eigenvalue weighted by Gasteiger charge is 2.33. The first-order valence-electron chi connectivity index (χ1n) is 47.2. The van der Waals surface area contributed by atoms with Crippen LogP contribution in [-0.4, -0.2) is 170 Å². The molecule has 12 aliphatic rings. The molecule has 0 amide bonds. The highest BCUT2D eigenvalue weighted by molar-refractivity contribution is 5.91. The minimum atomic E-state index is -0.399. The van der Waals surface area contributed by atoms with E-state index in [1.54, 1.807) is 70.6 Å². The van der Waals surface area contributed by atoms with Crippen molar-refractivity contribution in [3.05, 3.63) is 313 Å². The number of phenolic OH excluding ortho intramolecular Hbond substituents is 2. The number of carbonyl (C=O) groups is 7. The molecule has 0 bridgehead atoms. The molecule has 11 aliphatic heterocycles. The van der Waals surface area contributed by atoms with Gasteiger partial charge in [-0.3, -0.25) is 0 Å². The van der Waals surface area contributed by atoms with Gasteiger partial charge in [-0.05, 0) is 226 Å². The van der Waals surface area contributed by atoms with Crippen LogP contribution in [0.25, 0.3) is 42.5 Å². The summed E-state index contributed by atoms with van der Waals surface area (Å²) in [4.78, 5) is 80.7. The summed E-state index contributed by atoms with van der Waals surface area (Å²) in [6.07, 6.45) is 37.3. The Bertz CT molecular complexity index is 6260. The van der Waals surface area contributed by atoms with Crippen LogP contribution in [0.15, 0.2) is 258 Å². The smallest absolute Gasteiger partial charge is 0.337 e. The molecule has 31 nitrogen and oxygen atoms in total. The molecular weight excluding hydrogens is 1850 g/mol. The first kappa shape index (κ1) is 105. The van der Waals surface area contributed by atoms with Crippen molar-refractivity contribution >= 4 is 84.3 Å². The number of hydrogen-bond acceptors (Lipinski definition) is 31. The first-order valence-corrected chi connectivity index (χ1v) is 47.2. The van der Waals surface area contributed by atoms with Gasteiger partial charge in [0.15, 0.2) is 46.0 Å². The summed E-state index contributed by atoms with van der Waals surface area (Å²) in [5, 5.41) is 18.9. The van der Waals surface area contributed by atoms with Crippen LogP contribution in [0, 0.1) is 18.8 Å². The first-order chi connectivity index (χ1) is 69.7. The van der Waals surface area contributed by atoms with Crippen molar-refractivity contribution in [2.24, 2.45) is 11.8 Å². The highest BCUT2D eigenvalue weighted by Crippen LogP contribution is 2.40. The standard InChI is InChI=1S/C18H20O3.2C17H18O5.2C16H16O5.C15H16O4.C14H14O4/c1-2-20-17-11-16(21-18(19)12-17)9-7-13-6-8-14-4-3-5-15(14)10-13;1-3-19-15-9-17(18)22-13(11(15)2)6-4-12-5-7-14-16(8-12)21-10-20-14;1-3-19-15-9-13(22-17(18)11(15)2)6-4-12-5-7-14-16(8-12)21-10-20-14;1-10-12(21-16(17)8-14(10)18-2)5-3-11-4-6-13-15(7-11)20-9-19-13;1-10-14(18-2)8-12(21-16(10)17)5-3-11-4-6-13-15(7-11)20-9-19-13;1-10-3-4-11(7-14(10)16)5-6-12-8-13(18-2)9-15(17)19-12;1-17-13-8-12(18-14(16)9-13)6-5-10-3-2-4-11(15)7-10/h6-10,12,16H,2-5,11H2,1H3;4-9,11,13H,3,10H2,1-2H3;4-8,13H,3,9-10H2,1-2H3;3-8,10,12H,9H2,1-2H3;3-7,12H,8-9H2,1-2H3;3-7,9,12,16H,8H2,1-2H3;2-7,9,12,15H,8H2,1H3/b9-7+;2*6-4+;2*5-3+;2*6-5+. The Labute approximate surface area is 835 Å². The van der Waals surface area contributed by atoms with Crippen molar-refractivity contribution < 1.29 is 148 Å². The fraction of sp³-hybridized carbons (Fsp3) is 0.319. The topological polar surface area (TPSA) is 363 Å². The van der Waals surface area contributed by atoms with E-state index >= 15 is 0 Å². The number of carbonyl (C=O) groups excluding carboxylic acids is 7. The molecule has 0 radical (unpaired) electrons. The van der Waals surface area contributed by atoms with Crippen LogP contribution in [-0.2, 0) is 113 Å². The SMILES string of the molecule is CCOC1=C(C)C(=O)OC(/C=C/c2ccc3c(c2)OCO3)C1.CCOC1=CC(=O)OC(/C=C/c2ccc3c(c2)CCC3)C1.CCOC1=CC(=O)OC(/C=C/c2ccc3c(c2)OCO3)C1C.COC1=C(C)C(=O)OC(/C=C/c2ccc3c(c2)OCO3)C1.COC1=CC(=O)OC(/C=C/c2ccc(C)c(O)c2)C1.COC1=CC(=O)OC(/C=C/c2ccc3c(c2)OCO3)C1C.COC1=CC(=O)OC(/C=C/c2cccc(O)c2)C1. The predicted molar refractivity (Wildman–Crippen MR) is 532 cm³/mol. The summed E-state index contributed by atoms with van der Waals surface area (Å²) < 4.78 is 116. The fourth-order valence-electron chi connectivity index (χ4n) is 15.9. The zero-order chi connectivity index (χ0) is 102. The van der Waals surface area contributed by atoms with Gasteiger partial charge >= 0.3 is 41.8 Å². The van der Waals surface area contributed by atoms with E-state index in [2.05, 4.69) is 18.2 Å². The molecular formula is C113H118O31. The van der Waals surface area contributed by atoms with Gasteiger partial charge in [0.1, 0.15) is 94.5 Å². The highest BCUT2D eigenvalue weighted by atomic mass is 16.7. The summed E-state index contributed by atoms with van der Waals surface area (Å²) in [7, 11) is 6.18. The molecule has 144 heavy (non-hydrogen) atoms. The van der Waals surface area contributed by atoms with E-state index in [9.17, 15) is 43.8 Å². The zero-order valence-corrected chi connectivity index (χ0v) is 82.2. The molecule has 2 N–H and O–H groups in total. The van der Waals surface area contributed by atoms with E-state index in [-0.39, 0.29) is 123 Å². The van der Waals surface area contributed by atoms with Crippen molar-refractivity contribution in [2.45, 2.75) is 149 Å². The van der Waals surface area contributed by atoms with E-state index < -0.39 is 11.9 Å². The Balaban J connectivity index is 0.000000141. The van der Waals surface area contributed by atoms with Gasteiger partial charge in [-0.15, -0.1) is 0 Å². The van der Waals surface area contributed by atoms with Gasteiger partial charge in [-0.1, -0.05) is 123 Å². The quantitative estimate of drug-likeness (QED) is 0.0419. The average Bonchev–Trinajstić information content (AvgIpc) is 1.63. The van der Waals surface area contributed by atoms with E-state index in [1.165, 1.54) is 80.6 Å². The maximum Gasteiger partial charge on any atom is 0.337 e. The molecule has 0 aromatic heterocycles. The van der Waals surface area contributed by atoms with Crippen LogP contribution in [0.2, 0.25) is 0 Å². The summed E-state index contributed by atoms with van der Waals surface area (Å²) in [5.41, 5.74) is 11.5. The summed E-state index contributed by atoms with van der Waals surface area (Å²) in [5.74, 6) is 8.38. The van der Waals surface area contributed by atoms with Crippen LogP contribution in [0.5, 0.6) is 57.5 Å². The third-order valence-corrected chi connectivity index (χ3v) is 23.7. The number of cyclic esters (lactones) is 7. The van der Waals surface area contributed by atoms with Crippen LogP contribution in [0.1, 0.15) is 143 Å². The molecule has 0 saturated heterocycles. The third kappa shape index (κ3) is 30.4. The summed E-state index contributed by atoms with van der Waals surface area (Å²) >= 11 is 0. The number of aromatic hydroxyl groups is 2. The van der Waals surface area contributed by atoms with E-state index in [4.69, 9.17) is 104 Å². The Morgan fingerprint density at radius 2 is 0.688 bits per heavy atom. The lowest BCUT2D eigenvalue weighted by molar-refractivity contribution is -0.146. The van der Waals surface area contributed by atoms with Crippen molar-refractivity contribution in [3.8, 4) is 57.5 Å². The van der Waals surface area contributed by atoms with Gasteiger partial charge in [0.2, 0.25) is 27.2 Å². The van der Waals surface area contributed by atoms with E-state index in [0.29, 0.717) is 103 Å². The average molecular weight is 1970 g/mol. The minimum absolute atomic E-state index is 0.0112. The Morgan fingerprint density at radius 3 is 1.12 bits per heavy atom. The lowest BCUT2D eigenvalue weighted by Crippen LogP contribution is -2.30. The molecule has 1 aliphatic carbocycles. The number of esters is 7. The second kappa shape index (κ2) is 51.8. The Morgan fingerprint density at radius 1 is 0.326 bits per heavy atom. The number of hydrogen-bond donors (Lipinski definition) is 2. The van der Waals surface area contributed by atoms with Crippen LogP contribution < -0.4 is 37.9 Å². The number of benzene rings is 7. The number of phenols is 2. The normalized spacial score (nSPS) is 21.3. The van der Waals surface area contributed by atoms with Gasteiger partial charge in [0.25, 0.3) is 0 Å². The van der Waals surface area contributed by atoms with Crippen molar-refractivity contribution in [3.63, 3.8) is 0 Å². The number of fused-ring (bicyclic) bond motifs is 5. The lowest BCUT2D eigenvalue weighted by atomic mass is 9.98. The van der Waals surface area contributed by atoms with E-state index in [0.717, 1.165) is 84.9 Å². The van der Waals surface area contributed by atoms with Crippen molar-refractivity contribution in [1.29, 1.82) is 0 Å². The molecule has 0 spiro atoms. The van der Waals surface area contributed by atoms with Crippen molar-refractivity contribution in [1.82, 2.24) is 0 Å². The van der Waals surface area contributed by atoms with Crippen LogP contribution in [0.4, 0.5) is 0 Å². The number of aryl methyl sites for hydroxylation is 3. The van der Waals surface area contributed by atoms with Gasteiger partial charge in [0.05, 0.1) is 102 Å². The largest absolute Gasteiger partial charge is 0.508 e. The second-order valence-corrected chi connectivity index (χ2v) is 33.8. The molecule has 7 aromatic rings. The maximum atomic E-state index is 11.8. The molecule has 0 fully saturated rings.